The Morgan fingerprint density at radius 1 is 1.64 bits per heavy atom. The third kappa shape index (κ3) is 3.72. The third-order valence-corrected chi connectivity index (χ3v) is 1.78. The Morgan fingerprint density at radius 3 is 3.07 bits per heavy atom. The van der Waals surface area contributed by atoms with Crippen LogP contribution in [-0.2, 0) is 4.79 Å². The van der Waals surface area contributed by atoms with Gasteiger partial charge in [-0.05, 0) is 18.6 Å². The van der Waals surface area contributed by atoms with Crippen molar-refractivity contribution in [1.29, 1.82) is 0 Å². The van der Waals surface area contributed by atoms with Crippen molar-refractivity contribution in [2.75, 3.05) is 11.9 Å². The van der Waals surface area contributed by atoms with E-state index in [0.717, 1.165) is 0 Å². The van der Waals surface area contributed by atoms with Crippen LogP contribution in [0.5, 0.6) is 0 Å². The summed E-state index contributed by atoms with van der Waals surface area (Å²) in [6.45, 7) is 0.0184. The van der Waals surface area contributed by atoms with Gasteiger partial charge in [0.05, 0.1) is 0 Å². The van der Waals surface area contributed by atoms with Crippen LogP contribution in [-0.4, -0.2) is 22.6 Å². The van der Waals surface area contributed by atoms with Crippen LogP contribution in [0.25, 0.3) is 0 Å². The van der Waals surface area contributed by atoms with E-state index in [0.29, 0.717) is 23.7 Å². The van der Waals surface area contributed by atoms with Gasteiger partial charge in [-0.25, -0.2) is 4.98 Å². The first kappa shape index (κ1) is 10.9. The molecule has 1 heterocycles. The third-order valence-electron chi connectivity index (χ3n) is 1.57. The van der Waals surface area contributed by atoms with Crippen molar-refractivity contribution in [3.63, 3.8) is 0 Å². The maximum Gasteiger partial charge on any atom is 0.224 e. The van der Waals surface area contributed by atoms with Crippen molar-refractivity contribution in [3.8, 4) is 0 Å². The molecule has 0 aliphatic rings. The molecular weight excluding hydrogens is 204 g/mol. The maximum absolute atomic E-state index is 11.2. The first-order valence-electron chi connectivity index (χ1n) is 4.24. The van der Waals surface area contributed by atoms with Gasteiger partial charge in [-0.3, -0.25) is 4.79 Å². The van der Waals surface area contributed by atoms with E-state index in [-0.39, 0.29) is 12.5 Å². The zero-order valence-electron chi connectivity index (χ0n) is 7.53. The average Bonchev–Trinajstić information content (AvgIpc) is 2.15. The molecule has 5 heteroatoms. The number of pyridine rings is 1. The quantitative estimate of drug-likeness (QED) is 0.746. The molecule has 1 rings (SSSR count). The molecule has 1 amide bonds. The zero-order chi connectivity index (χ0) is 10.4. The number of rotatable bonds is 4. The van der Waals surface area contributed by atoms with Crippen molar-refractivity contribution >= 4 is 23.2 Å². The number of anilines is 1. The van der Waals surface area contributed by atoms with Gasteiger partial charge in [0.2, 0.25) is 5.91 Å². The van der Waals surface area contributed by atoms with E-state index in [4.69, 9.17) is 16.7 Å². The molecule has 0 bridgehead atoms. The second-order valence-electron chi connectivity index (χ2n) is 2.74. The molecule has 0 aliphatic carbocycles. The number of hydrogen-bond donors (Lipinski definition) is 2. The first-order chi connectivity index (χ1) is 6.72. The summed E-state index contributed by atoms with van der Waals surface area (Å²) in [6.07, 6.45) is 2.28. The Kier molecular flexibility index (Phi) is 4.35. The fourth-order valence-corrected chi connectivity index (χ4v) is 1.12. The minimum Gasteiger partial charge on any atom is -0.396 e. The topological polar surface area (TPSA) is 62.2 Å². The molecule has 0 aliphatic heterocycles. The van der Waals surface area contributed by atoms with Crippen LogP contribution in [0.15, 0.2) is 18.3 Å². The maximum atomic E-state index is 11.2. The predicted octanol–water partition coefficient (Wildman–Crippen LogP) is 1.45. The molecule has 0 atom stereocenters. The number of aliphatic hydroxyl groups is 1. The fraction of sp³-hybridized carbons (Fsp3) is 0.333. The van der Waals surface area contributed by atoms with Crippen molar-refractivity contribution in [2.24, 2.45) is 0 Å². The number of hydrogen-bond acceptors (Lipinski definition) is 3. The van der Waals surface area contributed by atoms with Gasteiger partial charge in [-0.15, -0.1) is 0 Å². The second-order valence-corrected chi connectivity index (χ2v) is 3.13. The number of carbonyl (C=O) groups excluding carboxylic acids is 1. The van der Waals surface area contributed by atoms with Crippen LogP contribution in [0.2, 0.25) is 5.15 Å². The number of nitrogens with zero attached hydrogens (tertiary/aromatic N) is 1. The molecule has 4 nitrogen and oxygen atoms in total. The predicted molar refractivity (Wildman–Crippen MR) is 54.2 cm³/mol. The molecule has 14 heavy (non-hydrogen) atoms. The van der Waals surface area contributed by atoms with Crippen LogP contribution in [0.3, 0.4) is 0 Å². The highest BCUT2D eigenvalue weighted by molar-refractivity contribution is 6.29. The fourth-order valence-electron chi connectivity index (χ4n) is 0.943. The minimum atomic E-state index is -0.138. The Morgan fingerprint density at radius 2 is 2.43 bits per heavy atom. The molecular formula is C9H11ClN2O2. The lowest BCUT2D eigenvalue weighted by atomic mass is 10.3. The molecule has 76 valence electrons. The van der Waals surface area contributed by atoms with Gasteiger partial charge >= 0.3 is 0 Å². The summed E-state index contributed by atoms with van der Waals surface area (Å²) in [6, 6.07) is 3.22. The van der Waals surface area contributed by atoms with E-state index in [1.807, 2.05) is 0 Å². The standard InChI is InChI=1S/C9H11ClN2O2/c10-8-6-7(3-4-11-8)12-9(14)2-1-5-13/h3-4,6,13H,1-2,5H2,(H,11,12,14). The summed E-state index contributed by atoms with van der Waals surface area (Å²) in [4.78, 5) is 15.0. The number of halogens is 1. The molecule has 0 radical (unpaired) electrons. The smallest absolute Gasteiger partial charge is 0.224 e. The van der Waals surface area contributed by atoms with Crippen molar-refractivity contribution in [3.05, 3.63) is 23.5 Å². The summed E-state index contributed by atoms with van der Waals surface area (Å²) >= 11 is 5.63. The van der Waals surface area contributed by atoms with Crippen molar-refractivity contribution < 1.29 is 9.90 Å². The lowest BCUT2D eigenvalue weighted by Gasteiger charge is -2.03. The molecule has 2 N–H and O–H groups in total. The molecule has 1 aromatic heterocycles. The summed E-state index contributed by atoms with van der Waals surface area (Å²) < 4.78 is 0. The van der Waals surface area contributed by atoms with Crippen LogP contribution in [0.4, 0.5) is 5.69 Å². The number of nitrogens with one attached hydrogen (secondary N) is 1. The number of aliphatic hydroxyl groups excluding tert-OH is 1. The van der Waals surface area contributed by atoms with Gasteiger partial charge in [0.25, 0.3) is 0 Å². The van der Waals surface area contributed by atoms with Crippen LogP contribution < -0.4 is 5.32 Å². The summed E-state index contributed by atoms with van der Waals surface area (Å²) in [7, 11) is 0. The SMILES string of the molecule is O=C(CCCO)Nc1ccnc(Cl)c1. The highest BCUT2D eigenvalue weighted by atomic mass is 35.5. The minimum absolute atomic E-state index is 0.0184. The number of carbonyl (C=O) groups is 1. The van der Waals surface area contributed by atoms with E-state index in [1.165, 1.54) is 6.20 Å². The molecule has 1 aromatic rings. The highest BCUT2D eigenvalue weighted by Gasteiger charge is 2.01. The average molecular weight is 215 g/mol. The lowest BCUT2D eigenvalue weighted by Crippen LogP contribution is -2.11. The van der Waals surface area contributed by atoms with E-state index in [2.05, 4.69) is 10.3 Å². The Balaban J connectivity index is 2.47. The lowest BCUT2D eigenvalue weighted by molar-refractivity contribution is -0.116. The molecule has 0 saturated carbocycles. The highest BCUT2D eigenvalue weighted by Crippen LogP contribution is 2.12. The van der Waals surface area contributed by atoms with Gasteiger partial charge in [0.15, 0.2) is 0 Å². The summed E-state index contributed by atoms with van der Waals surface area (Å²) in [5.41, 5.74) is 0.618. The summed E-state index contributed by atoms with van der Waals surface area (Å²) in [5, 5.41) is 11.5. The monoisotopic (exact) mass is 214 g/mol. The Bertz CT molecular complexity index is 317. The van der Waals surface area contributed by atoms with Gasteiger partial charge in [-0.2, -0.15) is 0 Å². The van der Waals surface area contributed by atoms with Crippen LogP contribution in [0, 0.1) is 0 Å². The molecule has 0 unspecified atom stereocenters. The second kappa shape index (κ2) is 5.57. The Labute approximate surface area is 86.9 Å². The van der Waals surface area contributed by atoms with Crippen molar-refractivity contribution in [2.45, 2.75) is 12.8 Å². The van der Waals surface area contributed by atoms with Gasteiger partial charge in [0.1, 0.15) is 5.15 Å². The van der Waals surface area contributed by atoms with Gasteiger partial charge < -0.3 is 10.4 Å². The first-order valence-corrected chi connectivity index (χ1v) is 4.62. The normalized spacial score (nSPS) is 9.86. The van der Waals surface area contributed by atoms with E-state index in [9.17, 15) is 4.79 Å². The molecule has 0 aromatic carbocycles. The molecule has 0 saturated heterocycles. The van der Waals surface area contributed by atoms with Crippen LogP contribution >= 0.6 is 11.6 Å². The zero-order valence-corrected chi connectivity index (χ0v) is 8.29. The number of aromatic nitrogens is 1. The molecule has 0 spiro atoms. The molecule has 0 fully saturated rings. The van der Waals surface area contributed by atoms with Crippen LogP contribution in [0.1, 0.15) is 12.8 Å². The number of amides is 1. The largest absolute Gasteiger partial charge is 0.396 e. The Hall–Kier alpha value is -1.13. The van der Waals surface area contributed by atoms with Gasteiger partial charge in [-0.1, -0.05) is 11.6 Å². The van der Waals surface area contributed by atoms with E-state index in [1.54, 1.807) is 12.1 Å². The summed E-state index contributed by atoms with van der Waals surface area (Å²) in [5.74, 6) is -0.138. The van der Waals surface area contributed by atoms with Crippen molar-refractivity contribution in [1.82, 2.24) is 4.98 Å². The van der Waals surface area contributed by atoms with Gasteiger partial charge in [0, 0.05) is 24.9 Å². The van der Waals surface area contributed by atoms with E-state index >= 15 is 0 Å². The van der Waals surface area contributed by atoms with E-state index < -0.39 is 0 Å².